The summed E-state index contributed by atoms with van der Waals surface area (Å²) < 4.78 is 16.8. The van der Waals surface area contributed by atoms with E-state index in [1.165, 1.54) is 6.08 Å². The van der Waals surface area contributed by atoms with Crippen LogP contribution in [0.3, 0.4) is 0 Å². The molecule has 2 aromatic rings. The van der Waals surface area contributed by atoms with Crippen molar-refractivity contribution in [2.75, 3.05) is 19.0 Å². The fourth-order valence-electron chi connectivity index (χ4n) is 2.56. The van der Waals surface area contributed by atoms with Crippen LogP contribution in [0.2, 0.25) is 0 Å². The van der Waals surface area contributed by atoms with Gasteiger partial charge in [-0.3, -0.25) is 4.79 Å². The second-order valence-electron chi connectivity index (χ2n) is 7.45. The molecule has 0 saturated heterocycles. The van der Waals surface area contributed by atoms with Crippen LogP contribution >= 0.6 is 0 Å². The number of benzene rings is 2. The minimum absolute atomic E-state index is 0.113. The van der Waals surface area contributed by atoms with E-state index in [-0.39, 0.29) is 12.0 Å². The highest BCUT2D eigenvalue weighted by Crippen LogP contribution is 2.29. The molecule has 2 rings (SSSR count). The molecule has 0 atom stereocenters. The van der Waals surface area contributed by atoms with Gasteiger partial charge in [-0.05, 0) is 74.2 Å². The predicted octanol–water partition coefficient (Wildman–Crippen LogP) is 5.56. The first-order valence-electron chi connectivity index (χ1n) is 9.94. The van der Waals surface area contributed by atoms with E-state index in [4.69, 9.17) is 14.2 Å². The molecule has 0 aliphatic rings. The molecular formula is C24H31NO4. The monoisotopic (exact) mass is 397 g/mol. The van der Waals surface area contributed by atoms with E-state index in [0.29, 0.717) is 29.7 Å². The van der Waals surface area contributed by atoms with E-state index in [1.54, 1.807) is 13.2 Å². The Labute approximate surface area is 173 Å². The number of nitrogens with one attached hydrogen (secondary N) is 1. The van der Waals surface area contributed by atoms with E-state index in [0.717, 1.165) is 17.7 Å². The van der Waals surface area contributed by atoms with Crippen molar-refractivity contribution in [3.63, 3.8) is 0 Å². The van der Waals surface area contributed by atoms with Crippen LogP contribution < -0.4 is 19.5 Å². The lowest BCUT2D eigenvalue weighted by atomic mass is 10.1. The summed E-state index contributed by atoms with van der Waals surface area (Å²) in [4.78, 5) is 12.2. The topological polar surface area (TPSA) is 56.8 Å². The first kappa shape index (κ1) is 22.3. The normalized spacial score (nSPS) is 11.1. The summed E-state index contributed by atoms with van der Waals surface area (Å²) in [6.07, 6.45) is 4.33. The fraction of sp³-hybridized carbons (Fsp3) is 0.375. The molecule has 5 nitrogen and oxygen atoms in total. The average Bonchev–Trinajstić information content (AvgIpc) is 2.68. The maximum Gasteiger partial charge on any atom is 0.248 e. The summed E-state index contributed by atoms with van der Waals surface area (Å²) >= 11 is 0. The first-order valence-corrected chi connectivity index (χ1v) is 9.94. The van der Waals surface area contributed by atoms with Gasteiger partial charge >= 0.3 is 0 Å². The van der Waals surface area contributed by atoms with E-state index in [2.05, 4.69) is 19.2 Å². The van der Waals surface area contributed by atoms with Gasteiger partial charge in [0.1, 0.15) is 5.75 Å². The average molecular weight is 398 g/mol. The lowest BCUT2D eigenvalue weighted by Gasteiger charge is -2.12. The van der Waals surface area contributed by atoms with Crippen molar-refractivity contribution in [2.24, 2.45) is 5.92 Å². The molecule has 5 heteroatoms. The van der Waals surface area contributed by atoms with Crippen molar-refractivity contribution >= 4 is 17.7 Å². The number of rotatable bonds is 10. The molecule has 0 aromatic heterocycles. The summed E-state index contributed by atoms with van der Waals surface area (Å²) in [5.74, 6) is 2.51. The highest BCUT2D eigenvalue weighted by atomic mass is 16.5. The smallest absolute Gasteiger partial charge is 0.248 e. The largest absolute Gasteiger partial charge is 0.493 e. The Morgan fingerprint density at radius 1 is 1.03 bits per heavy atom. The van der Waals surface area contributed by atoms with E-state index < -0.39 is 0 Å². The number of carbonyl (C=O) groups excluding carboxylic acids is 1. The number of carbonyl (C=O) groups is 1. The molecule has 0 radical (unpaired) electrons. The van der Waals surface area contributed by atoms with Crippen LogP contribution in [0.5, 0.6) is 17.2 Å². The molecule has 0 heterocycles. The van der Waals surface area contributed by atoms with E-state index in [1.807, 2.05) is 56.3 Å². The van der Waals surface area contributed by atoms with Crippen molar-refractivity contribution in [1.29, 1.82) is 0 Å². The second kappa shape index (κ2) is 11.1. The van der Waals surface area contributed by atoms with Gasteiger partial charge in [-0.2, -0.15) is 0 Å². The minimum Gasteiger partial charge on any atom is -0.493 e. The third-order valence-electron chi connectivity index (χ3n) is 4.06. The summed E-state index contributed by atoms with van der Waals surface area (Å²) in [6, 6.07) is 12.9. The van der Waals surface area contributed by atoms with Gasteiger partial charge < -0.3 is 19.5 Å². The van der Waals surface area contributed by atoms with Crippen LogP contribution in [0.1, 0.15) is 39.7 Å². The molecular weight excluding hydrogens is 366 g/mol. The molecule has 156 valence electrons. The molecule has 1 N–H and O–H groups in total. The van der Waals surface area contributed by atoms with Gasteiger partial charge in [-0.15, -0.1) is 0 Å². The van der Waals surface area contributed by atoms with Gasteiger partial charge in [0.05, 0.1) is 19.8 Å². The Morgan fingerprint density at radius 2 is 1.76 bits per heavy atom. The number of hydrogen-bond donors (Lipinski definition) is 1. The predicted molar refractivity (Wildman–Crippen MR) is 118 cm³/mol. The molecule has 0 fully saturated rings. The highest BCUT2D eigenvalue weighted by Gasteiger charge is 2.06. The van der Waals surface area contributed by atoms with Crippen molar-refractivity contribution < 1.29 is 19.0 Å². The van der Waals surface area contributed by atoms with Crippen LogP contribution in [-0.2, 0) is 4.79 Å². The van der Waals surface area contributed by atoms with Crippen LogP contribution in [0, 0.1) is 5.92 Å². The van der Waals surface area contributed by atoms with Gasteiger partial charge in [0, 0.05) is 11.8 Å². The summed E-state index contributed by atoms with van der Waals surface area (Å²) in [6.45, 7) is 8.91. The molecule has 0 unspecified atom stereocenters. The Balaban J connectivity index is 1.95. The summed E-state index contributed by atoms with van der Waals surface area (Å²) in [7, 11) is 1.61. The van der Waals surface area contributed by atoms with Crippen molar-refractivity contribution in [1.82, 2.24) is 0 Å². The zero-order chi connectivity index (χ0) is 21.2. The van der Waals surface area contributed by atoms with Gasteiger partial charge in [0.25, 0.3) is 0 Å². The molecule has 2 aromatic carbocycles. The lowest BCUT2D eigenvalue weighted by molar-refractivity contribution is -0.111. The first-order chi connectivity index (χ1) is 13.9. The van der Waals surface area contributed by atoms with Gasteiger partial charge in [-0.1, -0.05) is 19.9 Å². The molecule has 0 spiro atoms. The molecule has 0 bridgehead atoms. The quantitative estimate of drug-likeness (QED) is 0.533. The summed E-state index contributed by atoms with van der Waals surface area (Å²) in [5, 5.41) is 2.83. The maximum atomic E-state index is 12.2. The Bertz CT molecular complexity index is 810. The zero-order valence-corrected chi connectivity index (χ0v) is 17.9. The second-order valence-corrected chi connectivity index (χ2v) is 7.45. The number of amides is 1. The molecule has 1 amide bonds. The Kier molecular flexibility index (Phi) is 8.59. The number of methoxy groups -OCH3 is 1. The third-order valence-corrected chi connectivity index (χ3v) is 4.06. The fourth-order valence-corrected chi connectivity index (χ4v) is 2.56. The highest BCUT2D eigenvalue weighted by molar-refractivity contribution is 6.01. The van der Waals surface area contributed by atoms with Crippen LogP contribution in [0.25, 0.3) is 6.08 Å². The number of hydrogen-bond acceptors (Lipinski definition) is 4. The van der Waals surface area contributed by atoms with E-state index >= 15 is 0 Å². The standard InChI is InChI=1S/C24H31NO4/c1-17(2)14-15-28-22-12-6-19(16-23(22)27-5)7-13-24(26)25-20-8-10-21(11-9-20)29-18(3)4/h6-13,16-18H,14-15H2,1-5H3,(H,25,26). The third kappa shape index (κ3) is 7.90. The SMILES string of the molecule is COc1cc(C=CC(=O)Nc2ccc(OC(C)C)cc2)ccc1OCCC(C)C. The zero-order valence-electron chi connectivity index (χ0n) is 17.9. The van der Waals surface area contributed by atoms with Crippen molar-refractivity contribution in [3.8, 4) is 17.2 Å². The van der Waals surface area contributed by atoms with Crippen molar-refractivity contribution in [3.05, 3.63) is 54.1 Å². The summed E-state index contributed by atoms with van der Waals surface area (Å²) in [5.41, 5.74) is 1.57. The van der Waals surface area contributed by atoms with E-state index in [9.17, 15) is 4.79 Å². The van der Waals surface area contributed by atoms with Gasteiger partial charge in [-0.25, -0.2) is 0 Å². The van der Waals surface area contributed by atoms with Crippen LogP contribution in [-0.4, -0.2) is 25.7 Å². The van der Waals surface area contributed by atoms with Crippen LogP contribution in [0.15, 0.2) is 48.5 Å². The van der Waals surface area contributed by atoms with Gasteiger partial charge in [0.2, 0.25) is 5.91 Å². The minimum atomic E-state index is -0.209. The molecule has 0 aliphatic heterocycles. The van der Waals surface area contributed by atoms with Crippen molar-refractivity contribution in [2.45, 2.75) is 40.2 Å². The Morgan fingerprint density at radius 3 is 2.38 bits per heavy atom. The molecule has 0 saturated carbocycles. The molecule has 0 aliphatic carbocycles. The number of anilines is 1. The maximum absolute atomic E-state index is 12.2. The molecule has 29 heavy (non-hydrogen) atoms. The Hall–Kier alpha value is -2.95. The van der Waals surface area contributed by atoms with Gasteiger partial charge in [0.15, 0.2) is 11.5 Å². The number of ether oxygens (including phenoxy) is 3. The lowest BCUT2D eigenvalue weighted by Crippen LogP contribution is -2.08. The van der Waals surface area contributed by atoms with Crippen LogP contribution in [0.4, 0.5) is 5.69 Å².